The van der Waals surface area contributed by atoms with Gasteiger partial charge in [0.1, 0.15) is 23.0 Å². The molecule has 0 radical (unpaired) electrons. The summed E-state index contributed by atoms with van der Waals surface area (Å²) in [7, 11) is -4.67. The third-order valence-corrected chi connectivity index (χ3v) is 8.37. The molecule has 0 spiro atoms. The van der Waals surface area contributed by atoms with Crippen molar-refractivity contribution in [3.63, 3.8) is 0 Å². The summed E-state index contributed by atoms with van der Waals surface area (Å²) in [6.07, 6.45) is 12.2. The van der Waals surface area contributed by atoms with Gasteiger partial charge in [-0.25, -0.2) is 0 Å². The SMILES string of the molecule is C=CCOCC1(OC2(COCC=C)CCOC2=CN)CCOC1=C.C=CCOCC1(OC2(COCC=C)CCOC2=CN)CCOC1=C.O=S(=O)(O)O. The van der Waals surface area contributed by atoms with Crippen LogP contribution in [-0.4, -0.2) is 119 Å². The topological polar surface area (TPSA) is 219 Å². The molecule has 4 aliphatic heterocycles. The van der Waals surface area contributed by atoms with Gasteiger partial charge in [0.15, 0.2) is 22.4 Å². The fourth-order valence-corrected chi connectivity index (χ4v) is 5.89. The Labute approximate surface area is 312 Å². The van der Waals surface area contributed by atoms with Crippen molar-refractivity contribution in [1.29, 1.82) is 0 Å². The van der Waals surface area contributed by atoms with Crippen LogP contribution in [0.4, 0.5) is 0 Å². The Morgan fingerprint density at radius 3 is 1.08 bits per heavy atom. The molecule has 0 bridgehead atoms. The Morgan fingerprint density at radius 2 is 0.830 bits per heavy atom. The lowest BCUT2D eigenvalue weighted by atomic mass is 9.95. The van der Waals surface area contributed by atoms with Crippen LogP contribution < -0.4 is 11.5 Å². The van der Waals surface area contributed by atoms with Crippen molar-refractivity contribution in [2.24, 2.45) is 11.5 Å². The van der Waals surface area contributed by atoms with Crippen molar-refractivity contribution < 1.29 is 64.9 Å². The van der Waals surface area contributed by atoms with E-state index in [4.69, 9.17) is 76.4 Å². The molecule has 0 aromatic heterocycles. The Hall–Kier alpha value is -3.65. The highest BCUT2D eigenvalue weighted by atomic mass is 32.3. The van der Waals surface area contributed by atoms with Crippen molar-refractivity contribution in [1.82, 2.24) is 0 Å². The van der Waals surface area contributed by atoms with Crippen LogP contribution in [0.25, 0.3) is 0 Å². The third-order valence-electron chi connectivity index (χ3n) is 8.37. The van der Waals surface area contributed by atoms with Gasteiger partial charge in [-0.1, -0.05) is 37.5 Å². The van der Waals surface area contributed by atoms with Gasteiger partial charge >= 0.3 is 10.4 Å². The second kappa shape index (κ2) is 21.9. The Morgan fingerprint density at radius 1 is 0.566 bits per heavy atom. The van der Waals surface area contributed by atoms with Gasteiger partial charge < -0.3 is 58.8 Å². The lowest BCUT2D eigenvalue weighted by Gasteiger charge is -2.38. The van der Waals surface area contributed by atoms with Gasteiger partial charge in [0, 0.05) is 38.1 Å². The maximum atomic E-state index is 8.74. The molecule has 300 valence electrons. The van der Waals surface area contributed by atoms with Gasteiger partial charge in [-0.15, -0.1) is 26.3 Å². The zero-order valence-electron chi connectivity index (χ0n) is 30.4. The quantitative estimate of drug-likeness (QED) is 0.0791. The largest absolute Gasteiger partial charge is 0.495 e. The molecule has 0 amide bonds. The van der Waals surface area contributed by atoms with Crippen molar-refractivity contribution in [2.75, 3.05) is 79.3 Å². The molecule has 4 rings (SSSR count). The summed E-state index contributed by atoms with van der Waals surface area (Å²) in [4.78, 5) is 0. The molecule has 4 heterocycles. The van der Waals surface area contributed by atoms with Crippen LogP contribution in [-0.2, 0) is 57.8 Å². The fraction of sp³-hybridized carbons (Fsp3) is 0.556. The minimum Gasteiger partial charge on any atom is -0.495 e. The van der Waals surface area contributed by atoms with E-state index in [1.165, 1.54) is 12.4 Å². The van der Waals surface area contributed by atoms with E-state index in [1.54, 1.807) is 24.3 Å². The Balaban J connectivity index is 0.000000325. The lowest BCUT2D eigenvalue weighted by molar-refractivity contribution is -0.168. The molecular formula is C36H56N2O14S. The first-order valence-electron chi connectivity index (χ1n) is 16.8. The van der Waals surface area contributed by atoms with Crippen molar-refractivity contribution in [2.45, 2.75) is 48.1 Å². The molecule has 0 aliphatic carbocycles. The monoisotopic (exact) mass is 772 g/mol. The molecule has 0 saturated carbocycles. The van der Waals surface area contributed by atoms with Gasteiger partial charge in [0.05, 0.1) is 79.3 Å². The average molecular weight is 773 g/mol. The van der Waals surface area contributed by atoms with Gasteiger partial charge in [-0.05, 0) is 0 Å². The average Bonchev–Trinajstić information content (AvgIpc) is 3.88. The minimum atomic E-state index is -4.67. The molecular weight excluding hydrogens is 716 g/mol. The van der Waals surface area contributed by atoms with Crippen LogP contribution in [0.2, 0.25) is 0 Å². The molecule has 0 aromatic carbocycles. The van der Waals surface area contributed by atoms with Gasteiger partial charge in [0.25, 0.3) is 0 Å². The van der Waals surface area contributed by atoms with Crippen LogP contribution in [0.5, 0.6) is 0 Å². The Kier molecular flexibility index (Phi) is 18.8. The van der Waals surface area contributed by atoms with Crippen LogP contribution in [0.1, 0.15) is 25.7 Å². The van der Waals surface area contributed by atoms with Gasteiger partial charge in [0.2, 0.25) is 0 Å². The molecule has 16 nitrogen and oxygen atoms in total. The van der Waals surface area contributed by atoms with Crippen molar-refractivity contribution >= 4 is 10.4 Å². The molecule has 4 aliphatic rings. The molecule has 6 N–H and O–H groups in total. The highest BCUT2D eigenvalue weighted by Gasteiger charge is 2.54. The smallest absolute Gasteiger partial charge is 0.394 e. The predicted molar refractivity (Wildman–Crippen MR) is 196 cm³/mol. The number of hydrogen-bond acceptors (Lipinski definition) is 14. The highest BCUT2D eigenvalue weighted by molar-refractivity contribution is 7.79. The maximum absolute atomic E-state index is 8.74. The number of nitrogens with two attached hydrogens (primary N) is 2. The summed E-state index contributed by atoms with van der Waals surface area (Å²) >= 11 is 0. The number of hydrogen-bond donors (Lipinski definition) is 4. The van der Waals surface area contributed by atoms with Crippen molar-refractivity contribution in [3.8, 4) is 0 Å². The van der Waals surface area contributed by atoms with Gasteiger partial charge in [-0.2, -0.15) is 8.42 Å². The molecule has 4 fully saturated rings. The van der Waals surface area contributed by atoms with Crippen molar-refractivity contribution in [3.05, 3.63) is 99.2 Å². The predicted octanol–water partition coefficient (Wildman–Crippen LogP) is 3.43. The van der Waals surface area contributed by atoms with E-state index in [9.17, 15) is 0 Å². The maximum Gasteiger partial charge on any atom is 0.394 e. The molecule has 53 heavy (non-hydrogen) atoms. The lowest BCUT2D eigenvalue weighted by Crippen LogP contribution is -2.49. The second-order valence-corrected chi connectivity index (χ2v) is 13.0. The van der Waals surface area contributed by atoms with E-state index in [0.29, 0.717) is 128 Å². The summed E-state index contributed by atoms with van der Waals surface area (Å²) < 4.78 is 89.8. The minimum absolute atomic E-state index is 0.304. The molecule has 0 aromatic rings. The van der Waals surface area contributed by atoms with Crippen LogP contribution in [0.3, 0.4) is 0 Å². The zero-order valence-corrected chi connectivity index (χ0v) is 31.2. The van der Waals surface area contributed by atoms with E-state index in [2.05, 4.69) is 39.5 Å². The second-order valence-electron chi connectivity index (χ2n) is 12.1. The summed E-state index contributed by atoms with van der Waals surface area (Å²) in [5, 5.41) is 0. The van der Waals surface area contributed by atoms with E-state index in [1.807, 2.05) is 0 Å². The summed E-state index contributed by atoms with van der Waals surface area (Å²) in [5.41, 5.74) is 8.40. The normalized spacial score (nSPS) is 29.2. The first-order chi connectivity index (χ1) is 25.2. The molecule has 4 unspecified atom stereocenters. The molecule has 17 heteroatoms. The van der Waals surface area contributed by atoms with Gasteiger partial charge in [-0.3, -0.25) is 9.11 Å². The van der Waals surface area contributed by atoms with E-state index < -0.39 is 32.8 Å². The van der Waals surface area contributed by atoms with E-state index >= 15 is 0 Å². The fourth-order valence-electron chi connectivity index (χ4n) is 5.89. The Bertz CT molecular complexity index is 1320. The number of rotatable bonds is 20. The molecule has 4 saturated heterocycles. The van der Waals surface area contributed by atoms with E-state index in [-0.39, 0.29) is 0 Å². The standard InChI is InChI=1S/2C18H27NO5.H2O4S/c2*1-4-8-20-13-17(6-10-22-15(17)3)24-18(14-21-9-5-2)7-11-23-16(18)12-19;1-5(2,3)4/h2*4-5,12H,1-3,6-11,13-14,19H2;(H2,1,2,3,4). The molecule has 4 atom stereocenters. The third kappa shape index (κ3) is 13.3. The zero-order chi connectivity index (χ0) is 39.4. The van der Waals surface area contributed by atoms with Crippen LogP contribution in [0, 0.1) is 0 Å². The highest BCUT2D eigenvalue weighted by Crippen LogP contribution is 2.44. The van der Waals surface area contributed by atoms with E-state index in [0.717, 1.165) is 0 Å². The first-order valence-corrected chi connectivity index (χ1v) is 18.2. The number of ether oxygens (including phenoxy) is 10. The van der Waals surface area contributed by atoms with Crippen LogP contribution >= 0.6 is 0 Å². The summed E-state index contributed by atoms with van der Waals surface area (Å²) in [6, 6.07) is 0. The van der Waals surface area contributed by atoms with Crippen LogP contribution in [0.15, 0.2) is 99.2 Å². The first kappa shape index (κ1) is 45.5. The summed E-state index contributed by atoms with van der Waals surface area (Å²) in [6.45, 7) is 27.7. The summed E-state index contributed by atoms with van der Waals surface area (Å²) in [5.74, 6) is 2.24.